The summed E-state index contributed by atoms with van der Waals surface area (Å²) in [5.41, 5.74) is 2.18. The molecular weight excluding hydrogens is 378 g/mol. The van der Waals surface area contributed by atoms with Crippen molar-refractivity contribution in [3.63, 3.8) is 0 Å². The number of rotatable bonds is 6. The predicted octanol–water partition coefficient (Wildman–Crippen LogP) is 3.34. The van der Waals surface area contributed by atoms with E-state index in [4.69, 9.17) is 11.6 Å². The van der Waals surface area contributed by atoms with Crippen molar-refractivity contribution in [3.05, 3.63) is 65.3 Å². The molecule has 1 aliphatic rings. The van der Waals surface area contributed by atoms with E-state index in [-0.39, 0.29) is 0 Å². The minimum Gasteiger partial charge on any atom is -0.497 e. The number of anilines is 2. The molecule has 0 saturated carbocycles. The highest BCUT2D eigenvalue weighted by Crippen LogP contribution is 2.23. The zero-order valence-corrected chi connectivity index (χ0v) is 17.2. The number of hydrogen-bond acceptors (Lipinski definition) is 5. The van der Waals surface area contributed by atoms with Crippen LogP contribution >= 0.6 is 0 Å². The maximum atomic E-state index is 12.9. The third kappa shape index (κ3) is 3.92. The van der Waals surface area contributed by atoms with Crippen LogP contribution in [0.2, 0.25) is 0 Å². The van der Waals surface area contributed by atoms with Crippen LogP contribution < -0.4 is 20.2 Å². The summed E-state index contributed by atoms with van der Waals surface area (Å²) in [7, 11) is 1.65. The van der Waals surface area contributed by atoms with Crippen molar-refractivity contribution in [1.29, 1.82) is 0 Å². The molecule has 1 aromatic heterocycles. The van der Waals surface area contributed by atoms with Crippen LogP contribution in [-0.2, 0) is 0 Å². The standard InChI is InChI=1S/C23H29N5O2/c1-4-18(2)28-23(29)27(17-24-28)21-7-5-19(6-8-21)25-13-15-26(16-14-25)20-9-11-22(30-3)12-10-20/h5-12,17-18H,4,13-16H2,1-3H3/i1D3,4D2. The van der Waals surface area contributed by atoms with Crippen molar-refractivity contribution in [2.24, 2.45) is 0 Å². The summed E-state index contributed by atoms with van der Waals surface area (Å²) in [4.78, 5) is 17.5. The number of nitrogens with zero attached hydrogens (tertiary/aromatic N) is 5. The topological polar surface area (TPSA) is 55.5 Å². The first kappa shape index (κ1) is 14.7. The minimum absolute atomic E-state index is 0.573. The first-order valence-corrected chi connectivity index (χ1v) is 9.93. The Labute approximate surface area is 184 Å². The fourth-order valence-corrected chi connectivity index (χ4v) is 3.66. The third-order valence-electron chi connectivity index (χ3n) is 5.48. The molecule has 0 bridgehead atoms. The van der Waals surface area contributed by atoms with Crippen molar-refractivity contribution in [2.75, 3.05) is 43.1 Å². The quantitative estimate of drug-likeness (QED) is 0.622. The van der Waals surface area contributed by atoms with Gasteiger partial charge in [-0.2, -0.15) is 5.10 Å². The van der Waals surface area contributed by atoms with E-state index in [1.165, 1.54) is 17.8 Å². The molecule has 0 aliphatic carbocycles. The molecule has 7 heteroatoms. The van der Waals surface area contributed by atoms with Gasteiger partial charge in [0.2, 0.25) is 0 Å². The number of piperazine rings is 1. The van der Waals surface area contributed by atoms with E-state index in [0.717, 1.165) is 48.0 Å². The molecule has 2 aromatic carbocycles. The largest absolute Gasteiger partial charge is 0.497 e. The summed E-state index contributed by atoms with van der Waals surface area (Å²) in [5, 5.41) is 3.99. The lowest BCUT2D eigenvalue weighted by atomic mass is 10.2. The van der Waals surface area contributed by atoms with Gasteiger partial charge in [-0.05, 0) is 61.8 Å². The van der Waals surface area contributed by atoms with Gasteiger partial charge >= 0.3 is 5.69 Å². The summed E-state index contributed by atoms with van der Waals surface area (Å²) in [6.07, 6.45) is -1.31. The highest BCUT2D eigenvalue weighted by Gasteiger charge is 2.18. The lowest BCUT2D eigenvalue weighted by molar-refractivity contribution is 0.415. The fourth-order valence-electron chi connectivity index (χ4n) is 3.66. The second kappa shape index (κ2) is 8.65. The first-order valence-electron chi connectivity index (χ1n) is 12.4. The third-order valence-corrected chi connectivity index (χ3v) is 5.48. The summed E-state index contributed by atoms with van der Waals surface area (Å²) in [5.74, 6) is 0.836. The van der Waals surface area contributed by atoms with E-state index in [1.807, 2.05) is 36.4 Å². The minimum atomic E-state index is -2.88. The van der Waals surface area contributed by atoms with E-state index >= 15 is 0 Å². The average Bonchev–Trinajstić information content (AvgIpc) is 3.24. The normalized spacial score (nSPS) is 18.7. The lowest BCUT2D eigenvalue weighted by Gasteiger charge is -2.37. The molecule has 3 aromatic rings. The SMILES string of the molecule is [2H]C([2H])([2H])C([2H])([2H])C(C)n1ncn(-c2ccc(N3CCN(c4ccc(OC)cc4)CC3)cc2)c1=O. The van der Waals surface area contributed by atoms with E-state index in [2.05, 4.69) is 27.0 Å². The molecule has 30 heavy (non-hydrogen) atoms. The molecule has 1 unspecified atom stereocenters. The second-order valence-corrected chi connectivity index (χ2v) is 7.24. The molecule has 0 N–H and O–H groups in total. The highest BCUT2D eigenvalue weighted by molar-refractivity contribution is 5.54. The average molecular weight is 413 g/mol. The summed E-state index contributed by atoms with van der Waals surface area (Å²) >= 11 is 0. The van der Waals surface area contributed by atoms with Crippen molar-refractivity contribution >= 4 is 11.4 Å². The molecule has 0 spiro atoms. The van der Waals surface area contributed by atoms with Gasteiger partial charge in [0.25, 0.3) is 0 Å². The Hall–Kier alpha value is -3.22. The molecular formula is C23H29N5O2. The van der Waals surface area contributed by atoms with Gasteiger partial charge in [0.05, 0.1) is 18.8 Å². The van der Waals surface area contributed by atoms with Crippen LogP contribution in [0.3, 0.4) is 0 Å². The molecule has 1 saturated heterocycles. The molecule has 2 heterocycles. The highest BCUT2D eigenvalue weighted by atomic mass is 16.5. The maximum absolute atomic E-state index is 12.9. The monoisotopic (exact) mass is 412 g/mol. The van der Waals surface area contributed by atoms with Gasteiger partial charge in [-0.3, -0.25) is 0 Å². The molecule has 0 radical (unpaired) electrons. The Morgan fingerprint density at radius 1 is 1.00 bits per heavy atom. The van der Waals surface area contributed by atoms with Crippen molar-refractivity contribution in [1.82, 2.24) is 14.3 Å². The van der Waals surface area contributed by atoms with Gasteiger partial charge in [0.15, 0.2) is 0 Å². The number of ether oxygens (including phenoxy) is 1. The van der Waals surface area contributed by atoms with Gasteiger partial charge in [0, 0.05) is 44.4 Å². The van der Waals surface area contributed by atoms with Crippen LogP contribution in [0.15, 0.2) is 59.7 Å². The Kier molecular flexibility index (Phi) is 4.24. The molecule has 1 fully saturated rings. The van der Waals surface area contributed by atoms with Crippen molar-refractivity contribution in [3.8, 4) is 11.4 Å². The van der Waals surface area contributed by atoms with E-state index in [9.17, 15) is 4.79 Å². The Balaban J connectivity index is 1.44. The fraction of sp³-hybridized carbons (Fsp3) is 0.391. The number of aromatic nitrogens is 3. The van der Waals surface area contributed by atoms with Crippen molar-refractivity contribution < 1.29 is 11.6 Å². The van der Waals surface area contributed by atoms with Gasteiger partial charge in [-0.1, -0.05) is 6.85 Å². The van der Waals surface area contributed by atoms with Crippen LogP contribution in [0.4, 0.5) is 11.4 Å². The number of benzene rings is 2. The van der Waals surface area contributed by atoms with E-state index in [0.29, 0.717) is 5.69 Å². The molecule has 4 rings (SSSR count). The van der Waals surface area contributed by atoms with E-state index in [1.54, 1.807) is 7.11 Å². The molecule has 0 amide bonds. The second-order valence-electron chi connectivity index (χ2n) is 7.24. The van der Waals surface area contributed by atoms with Crippen molar-refractivity contribution in [2.45, 2.75) is 26.2 Å². The summed E-state index contributed by atoms with van der Waals surface area (Å²) < 4.78 is 45.6. The smallest absolute Gasteiger partial charge is 0.350 e. The number of hydrogen-bond donors (Lipinski definition) is 0. The van der Waals surface area contributed by atoms with Gasteiger partial charge in [-0.25, -0.2) is 14.0 Å². The Morgan fingerprint density at radius 2 is 1.53 bits per heavy atom. The van der Waals surface area contributed by atoms with Gasteiger partial charge in [0.1, 0.15) is 12.1 Å². The van der Waals surface area contributed by atoms with E-state index < -0.39 is 25.0 Å². The van der Waals surface area contributed by atoms with Crippen LogP contribution in [0.25, 0.3) is 5.69 Å². The van der Waals surface area contributed by atoms with Crippen LogP contribution in [0.1, 0.15) is 33.0 Å². The Bertz CT molecular complexity index is 1200. The molecule has 1 aliphatic heterocycles. The lowest BCUT2D eigenvalue weighted by Crippen LogP contribution is -2.46. The van der Waals surface area contributed by atoms with Crippen LogP contribution in [0, 0.1) is 0 Å². The predicted molar refractivity (Wildman–Crippen MR) is 120 cm³/mol. The maximum Gasteiger partial charge on any atom is 0.350 e. The molecule has 1 atom stereocenters. The summed E-state index contributed by atoms with van der Waals surface area (Å²) in [6, 6.07) is 14.3. The Morgan fingerprint density at radius 3 is 2.07 bits per heavy atom. The summed E-state index contributed by atoms with van der Waals surface area (Å²) in [6.45, 7) is 1.93. The molecule has 7 nitrogen and oxygen atoms in total. The van der Waals surface area contributed by atoms with Gasteiger partial charge < -0.3 is 14.5 Å². The zero-order chi connectivity index (χ0) is 25.4. The number of methoxy groups -OCH3 is 1. The molecule has 158 valence electrons. The zero-order valence-electron chi connectivity index (χ0n) is 22.2. The van der Waals surface area contributed by atoms with Gasteiger partial charge in [-0.15, -0.1) is 0 Å². The van der Waals surface area contributed by atoms with Crippen LogP contribution in [-0.4, -0.2) is 47.6 Å². The van der Waals surface area contributed by atoms with Crippen LogP contribution in [0.5, 0.6) is 5.75 Å². The first-order chi connectivity index (χ1) is 16.5.